The molecule has 196 valence electrons. The van der Waals surface area contributed by atoms with Gasteiger partial charge >= 0.3 is 7.60 Å². The van der Waals surface area contributed by atoms with Gasteiger partial charge in [0.1, 0.15) is 10.9 Å². The average molecular weight is 505 g/mol. The monoisotopic (exact) mass is 504 g/mol. The zero-order valence-corrected chi connectivity index (χ0v) is 24.1. The van der Waals surface area contributed by atoms with Crippen molar-refractivity contribution >= 4 is 19.5 Å². The maximum Gasteiger partial charge on any atom is 0.343 e. The van der Waals surface area contributed by atoms with Crippen LogP contribution < -0.4 is 4.74 Å². The van der Waals surface area contributed by atoms with Gasteiger partial charge < -0.3 is 13.8 Å². The Balaban J connectivity index is 2.18. The standard InChI is InChI=1S/C29H45O5P/c1-27(2,3)22-14-12-13-21-20(19-23(28(4,5)6)26(32-7)25(21)22)15-16-24(30)29(17-10-11-18-29)35(31,33-8)34-9/h15-16,19,22H,10-14,17-18H2,1-9H3/b16-15+. The molecule has 0 amide bonds. The van der Waals surface area contributed by atoms with Crippen LogP contribution in [0.5, 0.6) is 5.75 Å². The topological polar surface area (TPSA) is 61.8 Å². The summed E-state index contributed by atoms with van der Waals surface area (Å²) in [5, 5.41) is -1.10. The van der Waals surface area contributed by atoms with E-state index in [1.807, 2.05) is 6.08 Å². The number of allylic oxidation sites excluding steroid dienone is 1. The first kappa shape index (κ1) is 28.2. The Labute approximate surface area is 212 Å². The predicted octanol–water partition coefficient (Wildman–Crippen LogP) is 7.84. The lowest BCUT2D eigenvalue weighted by molar-refractivity contribution is -0.117. The lowest BCUT2D eigenvalue weighted by Crippen LogP contribution is -2.35. The summed E-state index contributed by atoms with van der Waals surface area (Å²) in [6.45, 7) is 13.5. The molecular formula is C29H45O5P. The number of ketones is 1. The molecule has 0 aromatic heterocycles. The van der Waals surface area contributed by atoms with E-state index in [0.29, 0.717) is 18.8 Å². The van der Waals surface area contributed by atoms with Crippen LogP contribution in [0, 0.1) is 5.41 Å². The fraction of sp³-hybridized carbons (Fsp3) is 0.690. The normalized spacial score (nSPS) is 20.8. The van der Waals surface area contributed by atoms with Crippen molar-refractivity contribution in [2.24, 2.45) is 5.41 Å². The van der Waals surface area contributed by atoms with Crippen molar-refractivity contribution in [2.45, 2.75) is 103 Å². The predicted molar refractivity (Wildman–Crippen MR) is 144 cm³/mol. The second kappa shape index (κ2) is 10.1. The molecule has 1 saturated carbocycles. The van der Waals surface area contributed by atoms with Crippen LogP contribution in [0.1, 0.15) is 108 Å². The zero-order valence-electron chi connectivity index (χ0n) is 23.2. The molecule has 0 bridgehead atoms. The second-order valence-electron chi connectivity index (χ2n) is 12.3. The number of hydrogen-bond acceptors (Lipinski definition) is 5. The Morgan fingerprint density at radius 2 is 1.63 bits per heavy atom. The molecule has 0 spiro atoms. The Kier molecular flexibility index (Phi) is 8.16. The largest absolute Gasteiger partial charge is 0.496 e. The summed E-state index contributed by atoms with van der Waals surface area (Å²) in [7, 11) is 0.968. The smallest absolute Gasteiger partial charge is 0.343 e. The molecule has 2 aliphatic carbocycles. The first-order valence-electron chi connectivity index (χ1n) is 12.9. The number of fused-ring (bicyclic) bond motifs is 1. The second-order valence-corrected chi connectivity index (χ2v) is 14.9. The number of methoxy groups -OCH3 is 1. The van der Waals surface area contributed by atoms with Crippen molar-refractivity contribution in [3.05, 3.63) is 34.4 Å². The van der Waals surface area contributed by atoms with E-state index >= 15 is 0 Å². The van der Waals surface area contributed by atoms with Gasteiger partial charge in [-0.05, 0) is 72.1 Å². The minimum absolute atomic E-state index is 0.0905. The molecule has 0 N–H and O–H groups in total. The van der Waals surface area contributed by atoms with Gasteiger partial charge in [0.25, 0.3) is 0 Å². The fourth-order valence-corrected chi connectivity index (χ4v) is 8.23. The van der Waals surface area contributed by atoms with Crippen LogP contribution in [0.25, 0.3) is 6.08 Å². The molecule has 35 heavy (non-hydrogen) atoms. The number of benzene rings is 1. The van der Waals surface area contributed by atoms with Gasteiger partial charge in [-0.25, -0.2) is 0 Å². The number of carbonyl (C=O) groups excluding carboxylic acids is 1. The lowest BCUT2D eigenvalue weighted by Gasteiger charge is -2.39. The van der Waals surface area contributed by atoms with E-state index in [9.17, 15) is 9.36 Å². The first-order chi connectivity index (χ1) is 16.3. The molecule has 1 atom stereocenters. The Bertz CT molecular complexity index is 1010. The third kappa shape index (κ3) is 5.06. The molecule has 1 unspecified atom stereocenters. The van der Waals surface area contributed by atoms with Gasteiger partial charge in [-0.3, -0.25) is 9.36 Å². The van der Waals surface area contributed by atoms with Crippen molar-refractivity contribution in [3.8, 4) is 5.75 Å². The highest BCUT2D eigenvalue weighted by Gasteiger charge is 2.56. The minimum atomic E-state index is -3.56. The van der Waals surface area contributed by atoms with E-state index < -0.39 is 12.8 Å². The minimum Gasteiger partial charge on any atom is -0.496 e. The van der Waals surface area contributed by atoms with Gasteiger partial charge in [0.2, 0.25) is 0 Å². The number of carbonyl (C=O) groups is 1. The van der Waals surface area contributed by atoms with E-state index in [1.165, 1.54) is 25.3 Å². The lowest BCUT2D eigenvalue weighted by atomic mass is 9.66. The van der Waals surface area contributed by atoms with E-state index in [1.54, 1.807) is 13.2 Å². The number of ether oxygens (including phenoxy) is 1. The van der Waals surface area contributed by atoms with Crippen molar-refractivity contribution < 1.29 is 23.1 Å². The molecule has 2 aliphatic rings. The molecule has 1 aromatic rings. The Morgan fingerprint density at radius 3 is 2.11 bits per heavy atom. The third-order valence-corrected chi connectivity index (χ3v) is 10.8. The van der Waals surface area contributed by atoms with Crippen LogP contribution >= 0.6 is 7.60 Å². The van der Waals surface area contributed by atoms with E-state index in [0.717, 1.165) is 49.0 Å². The highest BCUT2D eigenvalue weighted by atomic mass is 31.2. The van der Waals surface area contributed by atoms with Crippen LogP contribution in [0.4, 0.5) is 0 Å². The Hall–Kier alpha value is -1.42. The van der Waals surface area contributed by atoms with Crippen LogP contribution in [-0.2, 0) is 30.2 Å². The molecule has 3 rings (SSSR count). The molecule has 1 fully saturated rings. The van der Waals surface area contributed by atoms with Gasteiger partial charge in [0.05, 0.1) is 7.11 Å². The summed E-state index contributed by atoms with van der Waals surface area (Å²) in [5.41, 5.74) is 4.74. The molecule has 0 saturated heterocycles. The highest BCUT2D eigenvalue weighted by molar-refractivity contribution is 7.56. The van der Waals surface area contributed by atoms with E-state index in [-0.39, 0.29) is 16.6 Å². The molecular weight excluding hydrogens is 459 g/mol. The molecule has 1 aromatic carbocycles. The number of rotatable bonds is 7. The van der Waals surface area contributed by atoms with E-state index in [4.69, 9.17) is 13.8 Å². The van der Waals surface area contributed by atoms with Crippen LogP contribution in [0.2, 0.25) is 0 Å². The quantitative estimate of drug-likeness (QED) is 0.280. The molecule has 0 heterocycles. The van der Waals surface area contributed by atoms with Crippen molar-refractivity contribution in [1.29, 1.82) is 0 Å². The highest BCUT2D eigenvalue weighted by Crippen LogP contribution is 2.65. The third-order valence-electron chi connectivity index (χ3n) is 8.10. The molecule has 6 heteroatoms. The van der Waals surface area contributed by atoms with Crippen molar-refractivity contribution in [1.82, 2.24) is 0 Å². The first-order valence-corrected chi connectivity index (χ1v) is 14.5. The van der Waals surface area contributed by atoms with Gasteiger partial charge in [-0.1, -0.05) is 60.5 Å². The average Bonchev–Trinajstić information content (AvgIpc) is 3.31. The van der Waals surface area contributed by atoms with Crippen LogP contribution in [-0.4, -0.2) is 32.3 Å². The van der Waals surface area contributed by atoms with Crippen LogP contribution in [0.15, 0.2) is 12.1 Å². The summed E-state index contributed by atoms with van der Waals surface area (Å²) < 4.78 is 30.2. The maximum absolute atomic E-state index is 13.7. The summed E-state index contributed by atoms with van der Waals surface area (Å²) in [5.74, 6) is 1.20. The zero-order chi connectivity index (χ0) is 26.2. The fourth-order valence-electron chi connectivity index (χ4n) is 6.17. The van der Waals surface area contributed by atoms with Gasteiger partial charge in [0.15, 0.2) is 5.78 Å². The molecule has 0 aliphatic heterocycles. The maximum atomic E-state index is 13.7. The Morgan fingerprint density at radius 1 is 1.03 bits per heavy atom. The van der Waals surface area contributed by atoms with Gasteiger partial charge in [-0.2, -0.15) is 0 Å². The van der Waals surface area contributed by atoms with Gasteiger partial charge in [-0.15, -0.1) is 0 Å². The number of hydrogen-bond donors (Lipinski definition) is 0. The van der Waals surface area contributed by atoms with Gasteiger partial charge in [0, 0.05) is 25.3 Å². The van der Waals surface area contributed by atoms with Crippen molar-refractivity contribution in [3.63, 3.8) is 0 Å². The summed E-state index contributed by atoms with van der Waals surface area (Å²) in [6, 6.07) is 2.19. The SMILES string of the molecule is COc1c(C(C)(C)C)cc(/C=C/C(=O)C2(P(=O)(OC)OC)CCCC2)c2c1C(C(C)(C)C)CCC2. The molecule has 5 nitrogen and oxygen atoms in total. The summed E-state index contributed by atoms with van der Waals surface area (Å²) in [4.78, 5) is 13.7. The van der Waals surface area contributed by atoms with Crippen molar-refractivity contribution in [2.75, 3.05) is 21.3 Å². The van der Waals surface area contributed by atoms with E-state index in [2.05, 4.69) is 47.6 Å². The summed E-state index contributed by atoms with van der Waals surface area (Å²) in [6.07, 6.45) is 9.48. The van der Waals surface area contributed by atoms with Crippen LogP contribution in [0.3, 0.4) is 0 Å². The molecule has 0 radical (unpaired) electrons. The summed E-state index contributed by atoms with van der Waals surface area (Å²) >= 11 is 0.